The van der Waals surface area contributed by atoms with Gasteiger partial charge in [0, 0.05) is 44.4 Å². The molecular weight excluding hydrogens is 423 g/mol. The summed E-state index contributed by atoms with van der Waals surface area (Å²) in [6.07, 6.45) is 1.63. The van der Waals surface area contributed by atoms with Gasteiger partial charge in [0.2, 0.25) is 0 Å². The number of hydrogen-bond acceptors (Lipinski definition) is 5. The predicted octanol–water partition coefficient (Wildman–Crippen LogP) is 3.91. The van der Waals surface area contributed by atoms with E-state index in [1.165, 1.54) is 6.07 Å². The van der Waals surface area contributed by atoms with Crippen molar-refractivity contribution in [2.24, 2.45) is 0 Å². The quantitative estimate of drug-likeness (QED) is 0.587. The standard InChI is InChI=1S/C23H28ClFN2O4/c1-29-12-9-26-23(28)16-3-6-22(20(24)14-16)31-18-7-10-27(11-8-18)15-17-13-19(30-2)4-5-21(17)25/h3-6,13-14,18H,7-12,15H2,1-2H3,(H,26,28). The molecule has 1 aliphatic rings. The zero-order valence-corrected chi connectivity index (χ0v) is 18.6. The molecule has 8 heteroatoms. The van der Waals surface area contributed by atoms with Gasteiger partial charge in [0.25, 0.3) is 5.91 Å². The Bertz CT molecular complexity index is 888. The van der Waals surface area contributed by atoms with E-state index in [1.807, 2.05) is 0 Å². The number of hydrogen-bond donors (Lipinski definition) is 1. The fourth-order valence-electron chi connectivity index (χ4n) is 3.51. The lowest BCUT2D eigenvalue weighted by atomic mass is 10.1. The van der Waals surface area contributed by atoms with E-state index >= 15 is 0 Å². The lowest BCUT2D eigenvalue weighted by Crippen LogP contribution is -2.38. The summed E-state index contributed by atoms with van der Waals surface area (Å²) in [7, 11) is 3.15. The monoisotopic (exact) mass is 450 g/mol. The Morgan fingerprint density at radius 2 is 1.97 bits per heavy atom. The van der Waals surface area contributed by atoms with Gasteiger partial charge in [-0.15, -0.1) is 0 Å². The number of carbonyl (C=O) groups is 1. The maximum absolute atomic E-state index is 14.1. The summed E-state index contributed by atoms with van der Waals surface area (Å²) in [5.74, 6) is 0.786. The number of piperidine rings is 1. The first-order chi connectivity index (χ1) is 15.0. The van der Waals surface area contributed by atoms with E-state index < -0.39 is 0 Å². The number of benzene rings is 2. The Morgan fingerprint density at radius 1 is 1.19 bits per heavy atom. The molecule has 1 N–H and O–H groups in total. The first-order valence-electron chi connectivity index (χ1n) is 10.3. The lowest BCUT2D eigenvalue weighted by molar-refractivity contribution is 0.0935. The van der Waals surface area contributed by atoms with Crippen LogP contribution in [0.2, 0.25) is 5.02 Å². The minimum atomic E-state index is -0.225. The van der Waals surface area contributed by atoms with E-state index in [1.54, 1.807) is 44.6 Å². The Hall–Kier alpha value is -2.35. The summed E-state index contributed by atoms with van der Waals surface area (Å²) in [4.78, 5) is 14.3. The van der Waals surface area contributed by atoms with E-state index in [0.717, 1.165) is 25.9 Å². The molecule has 0 spiro atoms. The van der Waals surface area contributed by atoms with Crippen LogP contribution in [0.5, 0.6) is 11.5 Å². The SMILES string of the molecule is COCCNC(=O)c1ccc(OC2CCN(Cc3cc(OC)ccc3F)CC2)c(Cl)c1. The number of nitrogens with one attached hydrogen (secondary N) is 1. The lowest BCUT2D eigenvalue weighted by Gasteiger charge is -2.32. The Balaban J connectivity index is 1.51. The third kappa shape index (κ3) is 6.56. The van der Waals surface area contributed by atoms with Crippen LogP contribution in [0.15, 0.2) is 36.4 Å². The van der Waals surface area contributed by atoms with Gasteiger partial charge in [-0.3, -0.25) is 9.69 Å². The highest BCUT2D eigenvalue weighted by atomic mass is 35.5. The number of halogens is 2. The van der Waals surface area contributed by atoms with Gasteiger partial charge in [0.05, 0.1) is 18.7 Å². The smallest absolute Gasteiger partial charge is 0.251 e. The van der Waals surface area contributed by atoms with Gasteiger partial charge in [-0.2, -0.15) is 0 Å². The largest absolute Gasteiger partial charge is 0.497 e. The Kier molecular flexibility index (Phi) is 8.51. The van der Waals surface area contributed by atoms with Gasteiger partial charge >= 0.3 is 0 Å². The van der Waals surface area contributed by atoms with E-state index in [2.05, 4.69) is 10.2 Å². The van der Waals surface area contributed by atoms with Crippen molar-refractivity contribution in [1.29, 1.82) is 0 Å². The van der Waals surface area contributed by atoms with E-state index in [9.17, 15) is 9.18 Å². The summed E-state index contributed by atoms with van der Waals surface area (Å²) >= 11 is 6.34. The summed E-state index contributed by atoms with van der Waals surface area (Å²) in [6, 6.07) is 9.84. The third-order valence-electron chi connectivity index (χ3n) is 5.26. The van der Waals surface area contributed by atoms with Crippen molar-refractivity contribution in [3.8, 4) is 11.5 Å². The highest BCUT2D eigenvalue weighted by molar-refractivity contribution is 6.32. The minimum Gasteiger partial charge on any atom is -0.497 e. The second-order valence-electron chi connectivity index (χ2n) is 7.44. The summed E-state index contributed by atoms with van der Waals surface area (Å²) in [5.41, 5.74) is 1.10. The van der Waals surface area contributed by atoms with Gasteiger partial charge in [-0.05, 0) is 49.2 Å². The first-order valence-corrected chi connectivity index (χ1v) is 10.7. The molecule has 0 atom stereocenters. The van der Waals surface area contributed by atoms with Crippen molar-refractivity contribution in [1.82, 2.24) is 10.2 Å². The van der Waals surface area contributed by atoms with Crippen molar-refractivity contribution in [2.45, 2.75) is 25.5 Å². The zero-order chi connectivity index (χ0) is 22.2. The van der Waals surface area contributed by atoms with Gasteiger partial charge < -0.3 is 19.5 Å². The second kappa shape index (κ2) is 11.3. The van der Waals surface area contributed by atoms with Crippen LogP contribution < -0.4 is 14.8 Å². The van der Waals surface area contributed by atoms with Crippen LogP contribution in [0, 0.1) is 5.82 Å². The molecule has 0 bridgehead atoms. The number of ether oxygens (including phenoxy) is 3. The molecular formula is C23H28ClFN2O4. The average molecular weight is 451 g/mol. The molecule has 0 unspecified atom stereocenters. The molecule has 168 valence electrons. The topological polar surface area (TPSA) is 60.0 Å². The highest BCUT2D eigenvalue weighted by Crippen LogP contribution is 2.29. The summed E-state index contributed by atoms with van der Waals surface area (Å²) < 4.78 is 30.3. The van der Waals surface area contributed by atoms with Crippen LogP contribution in [0.1, 0.15) is 28.8 Å². The summed E-state index contributed by atoms with van der Waals surface area (Å²) in [6.45, 7) is 2.99. The number of amides is 1. The van der Waals surface area contributed by atoms with Crippen LogP contribution in [0.4, 0.5) is 4.39 Å². The molecule has 3 rings (SSSR count). The van der Waals surface area contributed by atoms with Crippen molar-refractivity contribution in [3.05, 3.63) is 58.4 Å². The van der Waals surface area contributed by atoms with Gasteiger partial charge in [-0.25, -0.2) is 4.39 Å². The molecule has 6 nitrogen and oxygen atoms in total. The fraction of sp³-hybridized carbons (Fsp3) is 0.435. The van der Waals surface area contributed by atoms with Crippen molar-refractivity contribution in [3.63, 3.8) is 0 Å². The van der Waals surface area contributed by atoms with Crippen LogP contribution in [-0.2, 0) is 11.3 Å². The molecule has 0 saturated carbocycles. The van der Waals surface area contributed by atoms with Crippen LogP contribution in [0.3, 0.4) is 0 Å². The van der Waals surface area contributed by atoms with Crippen molar-refractivity contribution in [2.75, 3.05) is 40.5 Å². The predicted molar refractivity (Wildman–Crippen MR) is 118 cm³/mol. The molecule has 2 aromatic carbocycles. The van der Waals surface area contributed by atoms with Crippen LogP contribution in [0.25, 0.3) is 0 Å². The Morgan fingerprint density at radius 3 is 2.65 bits per heavy atom. The molecule has 0 aromatic heterocycles. The van der Waals surface area contributed by atoms with E-state index in [4.69, 9.17) is 25.8 Å². The summed E-state index contributed by atoms with van der Waals surface area (Å²) in [5, 5.41) is 3.16. The van der Waals surface area contributed by atoms with Crippen LogP contribution >= 0.6 is 11.6 Å². The van der Waals surface area contributed by atoms with Gasteiger partial charge in [0.1, 0.15) is 23.4 Å². The fourth-order valence-corrected chi connectivity index (χ4v) is 3.74. The van der Waals surface area contributed by atoms with E-state index in [0.29, 0.717) is 47.3 Å². The molecule has 1 amide bonds. The van der Waals surface area contributed by atoms with Crippen LogP contribution in [-0.4, -0.2) is 57.4 Å². The third-order valence-corrected chi connectivity index (χ3v) is 5.56. The number of likely N-dealkylation sites (tertiary alicyclic amines) is 1. The molecule has 31 heavy (non-hydrogen) atoms. The van der Waals surface area contributed by atoms with Gasteiger partial charge in [0.15, 0.2) is 0 Å². The maximum Gasteiger partial charge on any atom is 0.251 e. The Labute approximate surface area is 187 Å². The molecule has 1 fully saturated rings. The number of methoxy groups -OCH3 is 2. The van der Waals surface area contributed by atoms with Gasteiger partial charge in [-0.1, -0.05) is 11.6 Å². The molecule has 1 aliphatic heterocycles. The number of nitrogens with zero attached hydrogens (tertiary/aromatic N) is 1. The average Bonchev–Trinajstić information content (AvgIpc) is 2.78. The second-order valence-corrected chi connectivity index (χ2v) is 7.85. The normalized spacial score (nSPS) is 15.0. The van der Waals surface area contributed by atoms with Crippen molar-refractivity contribution >= 4 is 17.5 Å². The van der Waals surface area contributed by atoms with E-state index in [-0.39, 0.29) is 17.8 Å². The maximum atomic E-state index is 14.1. The number of carbonyl (C=O) groups excluding carboxylic acids is 1. The molecule has 2 aromatic rings. The highest BCUT2D eigenvalue weighted by Gasteiger charge is 2.22. The molecule has 1 saturated heterocycles. The van der Waals surface area contributed by atoms with Crippen molar-refractivity contribution < 1.29 is 23.4 Å². The molecule has 0 aliphatic carbocycles. The molecule has 1 heterocycles. The first kappa shape index (κ1) is 23.3. The zero-order valence-electron chi connectivity index (χ0n) is 17.8. The minimum absolute atomic E-state index is 0.0188. The number of rotatable bonds is 9. The molecule has 0 radical (unpaired) electrons.